The van der Waals surface area contributed by atoms with Crippen LogP contribution in [0.2, 0.25) is 54.4 Å². The van der Waals surface area contributed by atoms with Crippen LogP contribution in [0.15, 0.2) is 85.2 Å². The Morgan fingerprint density at radius 1 is 0.765 bits per heavy atom. The van der Waals surface area contributed by atoms with Crippen molar-refractivity contribution < 1.29 is 32.3 Å². The molecule has 0 saturated carbocycles. The number of ether oxygens (including phenoxy) is 3. The maximum atomic E-state index is 12.6. The van der Waals surface area contributed by atoms with Gasteiger partial charge in [0, 0.05) is 12.1 Å². The molecule has 3 heterocycles. The molecule has 6 rings (SSSR count). The third kappa shape index (κ3) is 12.4. The van der Waals surface area contributed by atoms with Crippen LogP contribution in [0, 0.1) is 0 Å². The summed E-state index contributed by atoms with van der Waals surface area (Å²) in [5, 5.41) is 6.21. The van der Waals surface area contributed by atoms with Crippen molar-refractivity contribution in [3.8, 4) is 16.9 Å². The number of benzene rings is 3. The standard InChI is InChI=1S/C51H77N7O7Si3/c1-49(2,3)66(10,11)62-33-40-42(64-67(12,13)50(4,5)6)43(65-68(14,15)51(7,8)9)46(63-40)58-45-41(44(52)55-34-56-45)57-47(58)54-31-38-27-26-37(36-24-20-17-21-25-36)30-39(38)60-29-28-53-48(59)61-32-35-22-18-16-19-23-35/h16-27,30,34,40,42-43,46H,28-29,31-33H2,1-15H3,(H,53,59)(H,54,57)(H2,52,55,56)/t40-,42-,43-,46-/m1/s1. The number of fused-ring (bicyclic) bond motifs is 1. The molecule has 0 unspecified atom stereocenters. The summed E-state index contributed by atoms with van der Waals surface area (Å²) >= 11 is 0. The molecule has 0 aliphatic carbocycles. The number of amides is 1. The van der Waals surface area contributed by atoms with Gasteiger partial charge in [-0.1, -0.05) is 135 Å². The first-order valence-electron chi connectivity index (χ1n) is 23.8. The number of rotatable bonds is 18. The Bertz CT molecular complexity index is 2470. The van der Waals surface area contributed by atoms with E-state index in [0.717, 1.165) is 22.3 Å². The lowest BCUT2D eigenvalue weighted by atomic mass is 10.0. The molecule has 4 atom stereocenters. The predicted molar refractivity (Wildman–Crippen MR) is 280 cm³/mol. The minimum Gasteiger partial charge on any atom is -0.491 e. The number of carbonyl (C=O) groups excluding carboxylic acids is 1. The highest BCUT2D eigenvalue weighted by Gasteiger charge is 2.55. The molecule has 1 amide bonds. The Kier molecular flexibility index (Phi) is 16.1. The van der Waals surface area contributed by atoms with Gasteiger partial charge in [0.05, 0.1) is 13.2 Å². The molecule has 1 saturated heterocycles. The van der Waals surface area contributed by atoms with Gasteiger partial charge in [0.25, 0.3) is 0 Å². The molecular weight excluding hydrogens is 907 g/mol. The number of nitrogens with zero attached hydrogens (tertiary/aromatic N) is 4. The maximum absolute atomic E-state index is 12.6. The Balaban J connectivity index is 1.37. The molecule has 3 aromatic carbocycles. The van der Waals surface area contributed by atoms with Crippen LogP contribution in [0.4, 0.5) is 16.6 Å². The first-order chi connectivity index (χ1) is 31.7. The molecule has 0 bridgehead atoms. The average Bonchev–Trinajstić information content (AvgIpc) is 3.79. The van der Waals surface area contributed by atoms with Crippen molar-refractivity contribution in [1.29, 1.82) is 0 Å². The van der Waals surface area contributed by atoms with Crippen LogP contribution < -0.4 is 21.1 Å². The number of imidazole rings is 1. The molecule has 14 nitrogen and oxygen atoms in total. The molecule has 5 aromatic rings. The molecule has 17 heteroatoms. The van der Waals surface area contributed by atoms with Crippen LogP contribution in [0.1, 0.15) is 79.7 Å². The number of alkyl carbamates (subject to hydrolysis) is 1. The minimum absolute atomic E-state index is 0.0172. The first kappa shape index (κ1) is 52.7. The van der Waals surface area contributed by atoms with Crippen molar-refractivity contribution in [3.05, 3.63) is 96.3 Å². The van der Waals surface area contributed by atoms with E-state index >= 15 is 0 Å². The lowest BCUT2D eigenvalue weighted by Gasteiger charge is -2.44. The van der Waals surface area contributed by atoms with Crippen LogP contribution in [-0.2, 0) is 35.9 Å². The zero-order valence-corrected chi connectivity index (χ0v) is 46.2. The first-order valence-corrected chi connectivity index (χ1v) is 32.5. The Morgan fingerprint density at radius 3 is 1.99 bits per heavy atom. The molecule has 0 radical (unpaired) electrons. The molecule has 2 aromatic heterocycles. The highest BCUT2D eigenvalue weighted by molar-refractivity contribution is 6.75. The van der Waals surface area contributed by atoms with Crippen LogP contribution in [0.3, 0.4) is 0 Å². The van der Waals surface area contributed by atoms with E-state index in [9.17, 15) is 4.79 Å². The van der Waals surface area contributed by atoms with Crippen LogP contribution in [0.25, 0.3) is 22.3 Å². The summed E-state index contributed by atoms with van der Waals surface area (Å²) in [7, 11) is -7.15. The zero-order chi connectivity index (χ0) is 49.9. The van der Waals surface area contributed by atoms with Crippen LogP contribution in [0.5, 0.6) is 5.75 Å². The summed E-state index contributed by atoms with van der Waals surface area (Å²) < 4.78 is 43.2. The van der Waals surface area contributed by atoms with E-state index in [4.69, 9.17) is 43.2 Å². The van der Waals surface area contributed by atoms with E-state index in [1.807, 2.05) is 65.2 Å². The summed E-state index contributed by atoms with van der Waals surface area (Å²) in [6.45, 7) is 35.1. The van der Waals surface area contributed by atoms with E-state index < -0.39 is 55.6 Å². The number of aromatic nitrogens is 4. The second-order valence-corrected chi connectivity index (χ2v) is 36.8. The number of hydrogen-bond donors (Lipinski definition) is 3. The lowest BCUT2D eigenvalue weighted by Crippen LogP contribution is -2.54. The highest BCUT2D eigenvalue weighted by Crippen LogP contribution is 2.48. The van der Waals surface area contributed by atoms with Gasteiger partial charge in [-0.2, -0.15) is 0 Å². The van der Waals surface area contributed by atoms with E-state index in [1.54, 1.807) is 0 Å². The van der Waals surface area contributed by atoms with Crippen molar-refractivity contribution in [2.75, 3.05) is 30.8 Å². The van der Waals surface area contributed by atoms with E-state index in [-0.39, 0.29) is 40.7 Å². The molecule has 370 valence electrons. The van der Waals surface area contributed by atoms with Crippen LogP contribution in [-0.4, -0.2) is 88.6 Å². The average molecular weight is 984 g/mol. The van der Waals surface area contributed by atoms with Crippen molar-refractivity contribution >= 4 is 54.0 Å². The summed E-state index contributed by atoms with van der Waals surface area (Å²) in [6.07, 6.45) is -1.31. The highest BCUT2D eigenvalue weighted by atomic mass is 28.4. The zero-order valence-electron chi connectivity index (χ0n) is 43.2. The second-order valence-electron chi connectivity index (χ2n) is 22.4. The van der Waals surface area contributed by atoms with Crippen molar-refractivity contribution in [2.45, 2.75) is 154 Å². The monoisotopic (exact) mass is 984 g/mol. The molecule has 68 heavy (non-hydrogen) atoms. The molecule has 0 spiro atoms. The summed E-state index contributed by atoms with van der Waals surface area (Å²) in [5.41, 5.74) is 11.3. The third-order valence-electron chi connectivity index (χ3n) is 14.4. The summed E-state index contributed by atoms with van der Waals surface area (Å²) in [4.78, 5) is 26.8. The fourth-order valence-corrected chi connectivity index (χ4v) is 10.7. The molecular formula is C51H77N7O7Si3. The van der Waals surface area contributed by atoms with Crippen molar-refractivity contribution in [1.82, 2.24) is 24.8 Å². The van der Waals surface area contributed by atoms with E-state index in [1.165, 1.54) is 6.33 Å². The number of nitrogens with one attached hydrogen (secondary N) is 2. The van der Waals surface area contributed by atoms with Crippen molar-refractivity contribution in [2.24, 2.45) is 0 Å². The lowest BCUT2D eigenvalue weighted by molar-refractivity contribution is -0.0461. The Hall–Kier alpha value is -4.63. The van der Waals surface area contributed by atoms with Gasteiger partial charge in [-0.25, -0.2) is 19.7 Å². The predicted octanol–water partition coefficient (Wildman–Crippen LogP) is 11.7. The van der Waals surface area contributed by atoms with Gasteiger partial charge in [-0.05, 0) is 77.2 Å². The number of anilines is 2. The third-order valence-corrected chi connectivity index (χ3v) is 27.8. The number of nitrogens with two attached hydrogens (primary N) is 1. The summed E-state index contributed by atoms with van der Waals surface area (Å²) in [6, 6.07) is 25.8. The van der Waals surface area contributed by atoms with Gasteiger partial charge in [-0.15, -0.1) is 0 Å². The van der Waals surface area contributed by atoms with Gasteiger partial charge in [0.1, 0.15) is 43.6 Å². The fourth-order valence-electron chi connectivity index (χ4n) is 7.06. The maximum Gasteiger partial charge on any atom is 0.407 e. The number of hydrogen-bond acceptors (Lipinski definition) is 12. The SMILES string of the molecule is CC(C)(C)[Si](C)(C)OC[C@H]1O[C@@H](n2c(NCc3ccc(-c4ccccc4)cc3OCCNC(=O)OCc3ccccc3)nc3c(N)ncnc32)[C@H](O[Si](C)(C)C(C)(C)C)[C@@H]1O[Si](C)(C)C(C)(C)C. The Labute approximate surface area is 407 Å². The molecule has 1 aliphatic heterocycles. The topological polar surface area (TPSA) is 166 Å². The number of carbonyl (C=O) groups is 1. The fraction of sp³-hybridized carbons (Fsp3) is 0.529. The van der Waals surface area contributed by atoms with Gasteiger partial charge in [0.2, 0.25) is 5.95 Å². The van der Waals surface area contributed by atoms with Gasteiger partial charge in [0.15, 0.2) is 48.2 Å². The van der Waals surface area contributed by atoms with Crippen molar-refractivity contribution in [3.63, 3.8) is 0 Å². The van der Waals surface area contributed by atoms with Gasteiger partial charge >= 0.3 is 6.09 Å². The normalized spacial score (nSPS) is 18.5. The summed E-state index contributed by atoms with van der Waals surface area (Å²) in [5.74, 6) is 1.36. The second kappa shape index (κ2) is 20.8. The van der Waals surface area contributed by atoms with Crippen LogP contribution >= 0.6 is 0 Å². The minimum atomic E-state index is -2.50. The van der Waals surface area contributed by atoms with E-state index in [2.05, 4.69) is 135 Å². The largest absolute Gasteiger partial charge is 0.491 e. The number of nitrogen functional groups attached to an aromatic ring is 1. The van der Waals surface area contributed by atoms with Gasteiger partial charge < -0.3 is 43.9 Å². The smallest absolute Gasteiger partial charge is 0.407 e. The van der Waals surface area contributed by atoms with E-state index in [0.29, 0.717) is 36.0 Å². The Morgan fingerprint density at radius 2 is 1.37 bits per heavy atom. The van der Waals surface area contributed by atoms with Gasteiger partial charge in [-0.3, -0.25) is 4.57 Å². The molecule has 4 N–H and O–H groups in total. The molecule has 1 fully saturated rings. The molecule has 1 aliphatic rings. The quantitative estimate of drug-likeness (QED) is 0.0563.